The summed E-state index contributed by atoms with van der Waals surface area (Å²) in [4.78, 5) is 14.1. The van der Waals surface area contributed by atoms with Gasteiger partial charge in [-0.1, -0.05) is 11.6 Å². The van der Waals surface area contributed by atoms with Crippen molar-refractivity contribution in [2.75, 3.05) is 13.2 Å². The van der Waals surface area contributed by atoms with Crippen LogP contribution in [0.1, 0.15) is 19.3 Å². The highest BCUT2D eigenvalue weighted by Gasteiger charge is 2.31. The molecule has 1 saturated carbocycles. The highest BCUT2D eigenvalue weighted by Crippen LogP contribution is 2.27. The van der Waals surface area contributed by atoms with E-state index >= 15 is 0 Å². The lowest BCUT2D eigenvalue weighted by Crippen LogP contribution is -2.35. The van der Waals surface area contributed by atoms with Gasteiger partial charge in [0.15, 0.2) is 0 Å². The van der Waals surface area contributed by atoms with Crippen LogP contribution in [-0.2, 0) is 11.3 Å². The Morgan fingerprint density at radius 2 is 2.19 bits per heavy atom. The van der Waals surface area contributed by atoms with E-state index in [-0.39, 0.29) is 12.5 Å². The molecule has 1 amide bonds. The summed E-state index contributed by atoms with van der Waals surface area (Å²) >= 11 is 5.98. The van der Waals surface area contributed by atoms with Gasteiger partial charge in [0, 0.05) is 47.7 Å². The zero-order chi connectivity index (χ0) is 14.8. The fourth-order valence-corrected chi connectivity index (χ4v) is 2.91. The Morgan fingerprint density at radius 3 is 2.90 bits per heavy atom. The molecule has 0 aliphatic heterocycles. The van der Waals surface area contributed by atoms with E-state index in [4.69, 9.17) is 16.7 Å². The molecule has 0 spiro atoms. The van der Waals surface area contributed by atoms with Gasteiger partial charge >= 0.3 is 0 Å². The quantitative estimate of drug-likeness (QED) is 0.892. The molecule has 0 bridgehead atoms. The maximum atomic E-state index is 12.3. The molecule has 0 radical (unpaired) electrons. The Hall–Kier alpha value is -1.52. The summed E-state index contributed by atoms with van der Waals surface area (Å²) in [6.45, 7) is 1.14. The number of rotatable bonds is 6. The lowest BCUT2D eigenvalue weighted by atomic mass is 10.2. The molecule has 3 rings (SSSR count). The van der Waals surface area contributed by atoms with Gasteiger partial charge in [0.1, 0.15) is 0 Å². The van der Waals surface area contributed by atoms with Gasteiger partial charge in [0.05, 0.1) is 6.61 Å². The summed E-state index contributed by atoms with van der Waals surface area (Å²) in [7, 11) is 0. The molecule has 0 atom stereocenters. The molecule has 1 N–H and O–H groups in total. The number of nitrogens with zero attached hydrogens (tertiary/aromatic N) is 2. The van der Waals surface area contributed by atoms with Crippen LogP contribution in [0, 0.1) is 0 Å². The number of amides is 1. The minimum atomic E-state index is 0.0349. The van der Waals surface area contributed by atoms with Crippen molar-refractivity contribution in [1.29, 1.82) is 0 Å². The van der Waals surface area contributed by atoms with Crippen LogP contribution < -0.4 is 0 Å². The second kappa shape index (κ2) is 6.08. The number of carbonyl (C=O) groups is 1. The summed E-state index contributed by atoms with van der Waals surface area (Å²) in [6, 6.07) is 8.14. The van der Waals surface area contributed by atoms with Crippen LogP contribution >= 0.6 is 11.6 Å². The van der Waals surface area contributed by atoms with Crippen LogP contribution in [-0.4, -0.2) is 39.7 Å². The molecule has 112 valence electrons. The monoisotopic (exact) mass is 306 g/mol. The topological polar surface area (TPSA) is 45.5 Å². The van der Waals surface area contributed by atoms with Gasteiger partial charge in [-0.25, -0.2) is 0 Å². The number of carbonyl (C=O) groups excluding carboxylic acids is 1. The first-order valence-corrected chi connectivity index (χ1v) is 7.71. The van der Waals surface area contributed by atoms with Gasteiger partial charge < -0.3 is 14.6 Å². The van der Waals surface area contributed by atoms with Gasteiger partial charge in [-0.2, -0.15) is 0 Å². The van der Waals surface area contributed by atoms with E-state index in [1.807, 2.05) is 35.4 Å². The minimum absolute atomic E-state index is 0.0349. The van der Waals surface area contributed by atoms with Crippen LogP contribution in [0.5, 0.6) is 0 Å². The standard InChI is InChI=1S/C16H19ClN2O2/c17-13-1-4-15-12(11-13)5-7-18(15)8-6-16(21)19(9-10-20)14-2-3-14/h1,4-5,7,11,14,20H,2-3,6,8-10H2. The van der Waals surface area contributed by atoms with Gasteiger partial charge in [-0.05, 0) is 37.1 Å². The molecule has 1 aliphatic rings. The molecule has 2 aromatic rings. The molecule has 1 heterocycles. The van der Waals surface area contributed by atoms with Crippen molar-refractivity contribution in [2.24, 2.45) is 0 Å². The van der Waals surface area contributed by atoms with Crippen LogP contribution in [0.15, 0.2) is 30.5 Å². The lowest BCUT2D eigenvalue weighted by molar-refractivity contribution is -0.132. The fourth-order valence-electron chi connectivity index (χ4n) is 2.73. The van der Waals surface area contributed by atoms with Crippen molar-refractivity contribution >= 4 is 28.4 Å². The molecule has 4 nitrogen and oxygen atoms in total. The van der Waals surface area contributed by atoms with Crippen LogP contribution in [0.3, 0.4) is 0 Å². The smallest absolute Gasteiger partial charge is 0.224 e. The first-order valence-electron chi connectivity index (χ1n) is 7.34. The highest BCUT2D eigenvalue weighted by molar-refractivity contribution is 6.31. The van der Waals surface area contributed by atoms with Crippen molar-refractivity contribution in [3.63, 3.8) is 0 Å². The number of fused-ring (bicyclic) bond motifs is 1. The van der Waals surface area contributed by atoms with E-state index in [0.29, 0.717) is 25.6 Å². The fraction of sp³-hybridized carbons (Fsp3) is 0.438. The lowest BCUT2D eigenvalue weighted by Gasteiger charge is -2.21. The Labute approximate surface area is 128 Å². The largest absolute Gasteiger partial charge is 0.395 e. The molecule has 21 heavy (non-hydrogen) atoms. The third-order valence-corrected chi connectivity index (χ3v) is 4.18. The van der Waals surface area contributed by atoms with E-state index in [1.54, 1.807) is 0 Å². The number of benzene rings is 1. The van der Waals surface area contributed by atoms with E-state index in [2.05, 4.69) is 4.57 Å². The number of aromatic nitrogens is 1. The van der Waals surface area contributed by atoms with Gasteiger partial charge in [0.2, 0.25) is 5.91 Å². The number of aryl methyl sites for hydroxylation is 1. The maximum Gasteiger partial charge on any atom is 0.224 e. The van der Waals surface area contributed by atoms with Crippen molar-refractivity contribution in [3.8, 4) is 0 Å². The maximum absolute atomic E-state index is 12.3. The van der Waals surface area contributed by atoms with E-state index in [1.165, 1.54) is 0 Å². The number of hydrogen-bond acceptors (Lipinski definition) is 2. The molecular formula is C16H19ClN2O2. The highest BCUT2D eigenvalue weighted by atomic mass is 35.5. The van der Waals surface area contributed by atoms with Gasteiger partial charge in [-0.15, -0.1) is 0 Å². The molecule has 1 fully saturated rings. The Balaban J connectivity index is 1.66. The Kier molecular flexibility index (Phi) is 4.17. The summed E-state index contributed by atoms with van der Waals surface area (Å²) in [6.07, 6.45) is 4.58. The third kappa shape index (κ3) is 3.22. The number of hydrogen-bond donors (Lipinski definition) is 1. The first-order chi connectivity index (χ1) is 10.2. The zero-order valence-electron chi connectivity index (χ0n) is 11.8. The van der Waals surface area contributed by atoms with Crippen LogP contribution in [0.2, 0.25) is 5.02 Å². The average Bonchev–Trinajstić information content (AvgIpc) is 3.23. The SMILES string of the molecule is O=C(CCn1ccc2cc(Cl)ccc21)N(CCO)C1CC1. The van der Waals surface area contributed by atoms with Gasteiger partial charge in [-0.3, -0.25) is 4.79 Å². The summed E-state index contributed by atoms with van der Waals surface area (Å²) < 4.78 is 2.08. The number of aliphatic hydroxyl groups is 1. The van der Waals surface area contributed by atoms with E-state index in [0.717, 1.165) is 28.8 Å². The Bertz CT molecular complexity index is 649. The summed E-state index contributed by atoms with van der Waals surface area (Å²) in [5, 5.41) is 10.9. The molecule has 0 unspecified atom stereocenters. The van der Waals surface area contributed by atoms with Crippen molar-refractivity contribution in [3.05, 3.63) is 35.5 Å². The number of halogens is 1. The van der Waals surface area contributed by atoms with Crippen molar-refractivity contribution < 1.29 is 9.90 Å². The Morgan fingerprint density at radius 1 is 1.38 bits per heavy atom. The third-order valence-electron chi connectivity index (χ3n) is 3.95. The van der Waals surface area contributed by atoms with Crippen LogP contribution in [0.25, 0.3) is 10.9 Å². The van der Waals surface area contributed by atoms with Crippen molar-refractivity contribution in [2.45, 2.75) is 31.8 Å². The molecule has 1 aliphatic carbocycles. The van der Waals surface area contributed by atoms with Gasteiger partial charge in [0.25, 0.3) is 0 Å². The number of aliphatic hydroxyl groups excluding tert-OH is 1. The predicted octanol–water partition coefficient (Wildman–Crippen LogP) is 2.67. The average molecular weight is 307 g/mol. The first kappa shape index (κ1) is 14.4. The minimum Gasteiger partial charge on any atom is -0.395 e. The predicted molar refractivity (Wildman–Crippen MR) is 83.4 cm³/mol. The van der Waals surface area contributed by atoms with E-state index in [9.17, 15) is 4.79 Å². The second-order valence-corrected chi connectivity index (χ2v) is 5.94. The summed E-state index contributed by atoms with van der Waals surface area (Å²) in [5.74, 6) is 0.127. The molecule has 0 saturated heterocycles. The van der Waals surface area contributed by atoms with E-state index < -0.39 is 0 Å². The summed E-state index contributed by atoms with van der Waals surface area (Å²) in [5.41, 5.74) is 1.09. The van der Waals surface area contributed by atoms with Crippen LogP contribution in [0.4, 0.5) is 0 Å². The second-order valence-electron chi connectivity index (χ2n) is 5.50. The molecule has 1 aromatic carbocycles. The molecule has 5 heteroatoms. The van der Waals surface area contributed by atoms with Crippen molar-refractivity contribution in [1.82, 2.24) is 9.47 Å². The molecular weight excluding hydrogens is 288 g/mol. The normalized spacial score (nSPS) is 14.6. The molecule has 1 aromatic heterocycles. The zero-order valence-corrected chi connectivity index (χ0v) is 12.6.